The minimum atomic E-state index is -1.31. The zero-order valence-corrected chi connectivity index (χ0v) is 19.7. The highest BCUT2D eigenvalue weighted by molar-refractivity contribution is 6.31. The normalized spacial score (nSPS) is 15.3. The summed E-state index contributed by atoms with van der Waals surface area (Å²) in [7, 11) is 0. The van der Waals surface area contributed by atoms with Crippen LogP contribution in [-0.4, -0.2) is 34.7 Å². The first-order valence-corrected chi connectivity index (χ1v) is 11.1. The first kappa shape index (κ1) is 24.1. The van der Waals surface area contributed by atoms with Gasteiger partial charge in [-0.1, -0.05) is 41.4 Å². The Labute approximate surface area is 206 Å². The molecule has 1 atom stereocenters. The van der Waals surface area contributed by atoms with E-state index in [0.717, 1.165) is 21.5 Å². The number of carbonyl (C=O) groups excluding carboxylic acids is 4. The molecule has 0 bridgehead atoms. The molecule has 1 fully saturated rings. The van der Waals surface area contributed by atoms with Crippen LogP contribution in [0.5, 0.6) is 0 Å². The second-order valence-corrected chi connectivity index (χ2v) is 8.65. The van der Waals surface area contributed by atoms with Gasteiger partial charge >= 0.3 is 0 Å². The number of imide groups is 1. The van der Waals surface area contributed by atoms with Crippen LogP contribution in [-0.2, 0) is 9.59 Å². The van der Waals surface area contributed by atoms with E-state index in [1.807, 2.05) is 0 Å². The molecule has 0 radical (unpaired) electrons. The molecule has 1 aliphatic heterocycles. The monoisotopic (exact) mass is 493 g/mol. The molecule has 178 valence electrons. The molecule has 1 N–H and O–H groups in total. The SMILES string of the molecule is Cc1cccc(C(=O)N(NC(=O)c2cccc(F)c2)C2CC(=O)N(c3cc(Cl)ccc3C)C2=O)c1. The van der Waals surface area contributed by atoms with Gasteiger partial charge in [0, 0.05) is 16.1 Å². The average molecular weight is 494 g/mol. The Kier molecular flexibility index (Phi) is 6.66. The van der Waals surface area contributed by atoms with Crippen LogP contribution in [0.15, 0.2) is 66.7 Å². The summed E-state index contributed by atoms with van der Waals surface area (Å²) >= 11 is 6.08. The van der Waals surface area contributed by atoms with Gasteiger partial charge in [-0.3, -0.25) is 24.6 Å². The minimum absolute atomic E-state index is 0.0497. The number of hydrogen-bond donors (Lipinski definition) is 1. The number of carbonyl (C=O) groups is 4. The van der Waals surface area contributed by atoms with Crippen molar-refractivity contribution in [3.05, 3.63) is 99.8 Å². The van der Waals surface area contributed by atoms with Crippen LogP contribution < -0.4 is 10.3 Å². The van der Waals surface area contributed by atoms with E-state index in [9.17, 15) is 23.6 Å². The van der Waals surface area contributed by atoms with Crippen LogP contribution in [0.1, 0.15) is 38.3 Å². The Balaban J connectivity index is 1.72. The topological polar surface area (TPSA) is 86.8 Å². The predicted octanol–water partition coefficient (Wildman–Crippen LogP) is 4.22. The van der Waals surface area contributed by atoms with Crippen LogP contribution >= 0.6 is 11.6 Å². The Morgan fingerprint density at radius 3 is 2.43 bits per heavy atom. The Morgan fingerprint density at radius 2 is 1.71 bits per heavy atom. The lowest BCUT2D eigenvalue weighted by Gasteiger charge is -2.28. The number of amides is 4. The highest BCUT2D eigenvalue weighted by Crippen LogP contribution is 2.31. The van der Waals surface area contributed by atoms with E-state index in [-0.39, 0.29) is 17.5 Å². The molecule has 3 aromatic carbocycles. The van der Waals surface area contributed by atoms with Gasteiger partial charge in [0.1, 0.15) is 11.9 Å². The molecular weight excluding hydrogens is 473 g/mol. The molecule has 3 aromatic rings. The fraction of sp³-hybridized carbons (Fsp3) is 0.154. The predicted molar refractivity (Wildman–Crippen MR) is 128 cm³/mol. The van der Waals surface area contributed by atoms with Crippen molar-refractivity contribution in [1.29, 1.82) is 0 Å². The van der Waals surface area contributed by atoms with Crippen molar-refractivity contribution < 1.29 is 23.6 Å². The van der Waals surface area contributed by atoms with Crippen molar-refractivity contribution in [2.24, 2.45) is 0 Å². The van der Waals surface area contributed by atoms with Crippen molar-refractivity contribution in [3.63, 3.8) is 0 Å². The Morgan fingerprint density at radius 1 is 1.00 bits per heavy atom. The van der Waals surface area contributed by atoms with Gasteiger partial charge in [0.25, 0.3) is 17.7 Å². The van der Waals surface area contributed by atoms with Crippen molar-refractivity contribution in [1.82, 2.24) is 10.4 Å². The molecule has 35 heavy (non-hydrogen) atoms. The van der Waals surface area contributed by atoms with E-state index < -0.39 is 35.5 Å². The maximum absolute atomic E-state index is 13.7. The van der Waals surface area contributed by atoms with E-state index in [0.29, 0.717) is 16.3 Å². The number of halogens is 2. The standard InChI is InChI=1S/C26H21ClFN3O4/c1-15-5-3-7-18(11-15)25(34)31(29-24(33)17-6-4-8-20(28)12-17)22-14-23(32)30(26(22)35)21-13-19(27)10-9-16(21)2/h3-13,22H,14H2,1-2H3,(H,29,33). The molecule has 0 spiro atoms. The third kappa shape index (κ3) is 4.93. The van der Waals surface area contributed by atoms with E-state index in [2.05, 4.69) is 5.43 Å². The summed E-state index contributed by atoms with van der Waals surface area (Å²) in [6.45, 7) is 3.52. The molecule has 9 heteroatoms. The number of rotatable bonds is 4. The largest absolute Gasteiger partial charge is 0.274 e. The Hall–Kier alpha value is -4.04. The third-order valence-corrected chi connectivity index (χ3v) is 5.87. The van der Waals surface area contributed by atoms with E-state index in [1.54, 1.807) is 44.2 Å². The highest BCUT2D eigenvalue weighted by atomic mass is 35.5. The zero-order chi connectivity index (χ0) is 25.3. The van der Waals surface area contributed by atoms with Crippen LogP contribution in [0, 0.1) is 19.7 Å². The Bertz CT molecular complexity index is 1360. The van der Waals surface area contributed by atoms with Gasteiger partial charge in [0.05, 0.1) is 12.1 Å². The van der Waals surface area contributed by atoms with Gasteiger partial charge in [-0.05, 0) is 61.9 Å². The number of anilines is 1. The molecule has 1 saturated heterocycles. The fourth-order valence-electron chi connectivity index (χ4n) is 3.89. The summed E-state index contributed by atoms with van der Waals surface area (Å²) in [6.07, 6.45) is -0.355. The van der Waals surface area contributed by atoms with Crippen LogP contribution in [0.2, 0.25) is 5.02 Å². The number of aryl methyl sites for hydroxylation is 2. The summed E-state index contributed by atoms with van der Waals surface area (Å²) in [4.78, 5) is 53.7. The highest BCUT2D eigenvalue weighted by Gasteiger charge is 2.46. The van der Waals surface area contributed by atoms with Gasteiger partial charge in [-0.2, -0.15) is 0 Å². The maximum Gasteiger partial charge on any atom is 0.273 e. The average Bonchev–Trinajstić information content (AvgIpc) is 3.11. The van der Waals surface area contributed by atoms with Gasteiger partial charge < -0.3 is 0 Å². The second kappa shape index (κ2) is 9.68. The molecule has 1 aliphatic rings. The second-order valence-electron chi connectivity index (χ2n) is 8.21. The molecule has 0 aromatic heterocycles. The zero-order valence-electron chi connectivity index (χ0n) is 18.9. The molecular formula is C26H21ClFN3O4. The molecule has 1 heterocycles. The first-order chi connectivity index (χ1) is 16.7. The molecule has 7 nitrogen and oxygen atoms in total. The van der Waals surface area contributed by atoms with E-state index >= 15 is 0 Å². The van der Waals surface area contributed by atoms with E-state index in [4.69, 9.17) is 11.6 Å². The molecule has 0 aliphatic carbocycles. The van der Waals surface area contributed by atoms with Crippen molar-refractivity contribution in [2.75, 3.05) is 4.90 Å². The van der Waals surface area contributed by atoms with Crippen molar-refractivity contribution in [3.8, 4) is 0 Å². The van der Waals surface area contributed by atoms with Gasteiger partial charge in [-0.15, -0.1) is 0 Å². The van der Waals surface area contributed by atoms with Crippen molar-refractivity contribution >= 4 is 40.9 Å². The quantitative estimate of drug-likeness (QED) is 0.435. The molecule has 4 amide bonds. The number of benzene rings is 3. The molecule has 1 unspecified atom stereocenters. The van der Waals surface area contributed by atoms with Crippen molar-refractivity contribution in [2.45, 2.75) is 26.3 Å². The van der Waals surface area contributed by atoms with Gasteiger partial charge in [0.2, 0.25) is 5.91 Å². The lowest BCUT2D eigenvalue weighted by atomic mass is 10.1. The number of hydrazine groups is 1. The minimum Gasteiger partial charge on any atom is -0.274 e. The smallest absolute Gasteiger partial charge is 0.273 e. The number of nitrogens with one attached hydrogen (secondary N) is 1. The molecule has 4 rings (SSSR count). The summed E-state index contributed by atoms with van der Waals surface area (Å²) < 4.78 is 13.7. The maximum atomic E-state index is 13.7. The van der Waals surface area contributed by atoms with Crippen LogP contribution in [0.4, 0.5) is 10.1 Å². The van der Waals surface area contributed by atoms with Gasteiger partial charge in [-0.25, -0.2) is 14.3 Å². The lowest BCUT2D eigenvalue weighted by molar-refractivity contribution is -0.122. The fourth-order valence-corrected chi connectivity index (χ4v) is 4.05. The number of hydrogen-bond acceptors (Lipinski definition) is 4. The van der Waals surface area contributed by atoms with Gasteiger partial charge in [0.15, 0.2) is 0 Å². The van der Waals surface area contributed by atoms with Crippen LogP contribution in [0.3, 0.4) is 0 Å². The third-order valence-electron chi connectivity index (χ3n) is 5.64. The van der Waals surface area contributed by atoms with E-state index in [1.165, 1.54) is 30.3 Å². The summed E-state index contributed by atoms with van der Waals surface area (Å²) in [5.74, 6) is -3.37. The van der Waals surface area contributed by atoms with Crippen LogP contribution in [0.25, 0.3) is 0 Å². The summed E-state index contributed by atoms with van der Waals surface area (Å²) in [5, 5.41) is 1.18. The summed E-state index contributed by atoms with van der Waals surface area (Å²) in [6, 6.07) is 15.0. The first-order valence-electron chi connectivity index (χ1n) is 10.8. The lowest BCUT2D eigenvalue weighted by Crippen LogP contribution is -2.54. The molecule has 0 saturated carbocycles. The number of nitrogens with zero attached hydrogens (tertiary/aromatic N) is 2. The summed E-state index contributed by atoms with van der Waals surface area (Å²) in [5.41, 5.74) is 4.31.